The smallest absolute Gasteiger partial charge is 0.258 e. The normalized spacial score (nSPS) is 30.5. The van der Waals surface area contributed by atoms with E-state index in [9.17, 15) is 37.5 Å². The maximum Gasteiger partial charge on any atom is 0.258 e. The number of likely N-dealkylation sites (tertiary alicyclic amines) is 1. The lowest BCUT2D eigenvalue weighted by Crippen LogP contribution is -2.60. The number of hydrogen-bond donors (Lipinski definition) is 1. The fourth-order valence-electron chi connectivity index (χ4n) is 7.42. The minimum atomic E-state index is -2.69. The molecule has 15 heteroatoms. The van der Waals surface area contributed by atoms with Crippen LogP contribution in [0.4, 0.5) is 27.6 Å². The quantitative estimate of drug-likeness (QED) is 0.0914. The molecule has 1 aromatic heterocycles. The molecule has 2 aliphatic carbocycles. The number of alkyl halides is 2. The molecule has 0 spiro atoms. The Hall–Kier alpha value is -3.81. The molecule has 0 radical (unpaired) electrons. The zero-order valence-electron chi connectivity index (χ0n) is 23.1. The average Bonchev–Trinajstić information content (AvgIpc) is 3.67. The number of benzene rings is 2. The number of rotatable bonds is 4. The van der Waals surface area contributed by atoms with E-state index >= 15 is 8.78 Å². The molecule has 3 fully saturated rings. The van der Waals surface area contributed by atoms with Gasteiger partial charge in [-0.05, 0) is 36.3 Å². The van der Waals surface area contributed by atoms with Crippen molar-refractivity contribution in [3.05, 3.63) is 93.0 Å². The third-order valence-corrected chi connectivity index (χ3v) is 11.7. The van der Waals surface area contributed by atoms with Gasteiger partial charge in [-0.15, -0.1) is 34.5 Å². The summed E-state index contributed by atoms with van der Waals surface area (Å²) in [6.07, 6.45) is 0.970. The number of aromatic hydroxyl groups is 1. The lowest BCUT2D eigenvalue weighted by atomic mass is 9.56. The van der Waals surface area contributed by atoms with Crippen LogP contribution in [0.3, 0.4) is 0 Å². The molecule has 2 saturated heterocycles. The summed E-state index contributed by atoms with van der Waals surface area (Å²) in [5, 5.41) is 12.7. The van der Waals surface area contributed by atoms with Crippen LogP contribution in [0.25, 0.3) is 0 Å². The number of phenols is 1. The number of anilines is 1. The van der Waals surface area contributed by atoms with Crippen molar-refractivity contribution in [2.75, 3.05) is 4.90 Å². The lowest BCUT2D eigenvalue weighted by Gasteiger charge is -2.50. The molecule has 3 heterocycles. The first-order valence-electron chi connectivity index (χ1n) is 13.9. The van der Waals surface area contributed by atoms with Crippen LogP contribution in [0.2, 0.25) is 0 Å². The van der Waals surface area contributed by atoms with Gasteiger partial charge in [-0.1, -0.05) is 35.9 Å². The molecule has 3 aromatic rings. The first-order chi connectivity index (χ1) is 21.8. The van der Waals surface area contributed by atoms with Gasteiger partial charge in [-0.3, -0.25) is 24.1 Å². The molecule has 46 heavy (non-hydrogen) atoms. The molecular formula is C31H19Cl2F5N2O5S. The Morgan fingerprint density at radius 1 is 0.848 bits per heavy atom. The van der Waals surface area contributed by atoms with Crippen molar-refractivity contribution >= 4 is 63.9 Å². The number of fused-ring (bicyclic) bond motifs is 4. The van der Waals surface area contributed by atoms with E-state index in [1.54, 1.807) is 23.6 Å². The lowest BCUT2D eigenvalue weighted by molar-refractivity contribution is -0.141. The van der Waals surface area contributed by atoms with Gasteiger partial charge in [-0.2, -0.15) is 0 Å². The Morgan fingerprint density at radius 2 is 1.50 bits per heavy atom. The number of imide groups is 2. The van der Waals surface area contributed by atoms with Crippen molar-refractivity contribution in [1.29, 1.82) is 0 Å². The van der Waals surface area contributed by atoms with Gasteiger partial charge < -0.3 is 5.11 Å². The van der Waals surface area contributed by atoms with Crippen LogP contribution in [-0.4, -0.2) is 43.4 Å². The first-order valence-corrected chi connectivity index (χ1v) is 15.5. The second-order valence-electron chi connectivity index (χ2n) is 11.6. The second kappa shape index (κ2) is 10.3. The Labute approximate surface area is 270 Å². The van der Waals surface area contributed by atoms with Crippen LogP contribution < -0.4 is 4.90 Å². The summed E-state index contributed by atoms with van der Waals surface area (Å²) in [5.41, 5.74) is -1.65. The van der Waals surface area contributed by atoms with E-state index in [0.717, 1.165) is 9.78 Å². The fourth-order valence-corrected chi connectivity index (χ4v) is 9.04. The zero-order valence-corrected chi connectivity index (χ0v) is 25.4. The van der Waals surface area contributed by atoms with Gasteiger partial charge in [0.1, 0.15) is 11.4 Å². The third kappa shape index (κ3) is 3.82. The predicted molar refractivity (Wildman–Crippen MR) is 154 cm³/mol. The number of carbonyl (C=O) groups is 4. The van der Waals surface area contributed by atoms with Gasteiger partial charge in [0, 0.05) is 16.4 Å². The number of allylic oxidation sites excluding steroid dienone is 2. The molecule has 7 nitrogen and oxygen atoms in total. The van der Waals surface area contributed by atoms with E-state index in [2.05, 4.69) is 0 Å². The average molecular weight is 697 g/mol. The minimum absolute atomic E-state index is 0.00973. The van der Waals surface area contributed by atoms with E-state index in [0.29, 0.717) is 0 Å². The van der Waals surface area contributed by atoms with Crippen LogP contribution in [0, 0.1) is 46.8 Å². The number of nitrogens with zero attached hydrogens (tertiary/aromatic N) is 2. The van der Waals surface area contributed by atoms with Gasteiger partial charge >= 0.3 is 0 Å². The highest BCUT2D eigenvalue weighted by atomic mass is 35.5. The number of carbonyl (C=O) groups excluding carboxylic acids is 4. The molecule has 4 amide bonds. The summed E-state index contributed by atoms with van der Waals surface area (Å²) in [6, 6.07) is 9.03. The molecule has 0 unspecified atom stereocenters. The Kier molecular flexibility index (Phi) is 6.93. The van der Waals surface area contributed by atoms with Crippen LogP contribution in [0.15, 0.2) is 53.4 Å². The van der Waals surface area contributed by atoms with Gasteiger partial charge in [0.15, 0.2) is 33.0 Å². The van der Waals surface area contributed by atoms with E-state index in [1.165, 1.54) is 35.6 Å². The summed E-state index contributed by atoms with van der Waals surface area (Å²) in [7, 11) is 0. The Bertz CT molecular complexity index is 1900. The highest BCUT2D eigenvalue weighted by Crippen LogP contribution is 2.66. The SMILES string of the molecule is O=C1[C@H]2[C@H](CC=C3[C@H]2C[C@@]2(Cl)C(=O)N(c4c(F)c(F)c(F)c(F)c4F)C(=O)[C@@]2(Cl)[C@H]3c2ccccc2O)C(=O)N1Cc1cccs1. The summed E-state index contributed by atoms with van der Waals surface area (Å²) >= 11 is 15.4. The number of thiophene rings is 1. The highest BCUT2D eigenvalue weighted by molar-refractivity contribution is 7.09. The first kappa shape index (κ1) is 30.8. The van der Waals surface area contributed by atoms with Crippen LogP contribution in [0.5, 0.6) is 5.75 Å². The molecule has 2 aromatic carbocycles. The van der Waals surface area contributed by atoms with Crippen LogP contribution >= 0.6 is 34.5 Å². The predicted octanol–water partition coefficient (Wildman–Crippen LogP) is 5.91. The Morgan fingerprint density at radius 3 is 2.13 bits per heavy atom. The fraction of sp³-hybridized carbons (Fsp3) is 0.290. The molecule has 4 aliphatic rings. The topological polar surface area (TPSA) is 95.0 Å². The number of phenolic OH excluding ortho intramolecular Hbond substituents is 1. The van der Waals surface area contributed by atoms with Crippen molar-refractivity contribution in [2.45, 2.75) is 35.1 Å². The van der Waals surface area contributed by atoms with E-state index in [-0.39, 0.29) is 29.0 Å². The minimum Gasteiger partial charge on any atom is -0.508 e. The number of amides is 4. The standard InChI is InChI=1S/C31H19Cl2F5N2O5S/c32-30-10-16-13(7-8-15-18(16)27(43)39(26(15)42)11-12-4-3-9-46-12)19(14-5-1-2-6-17(14)41)31(30,33)29(45)40(28(30)44)25-23(37)21(35)20(34)22(36)24(25)38/h1-7,9,15-16,18-19,41H,8,10-11H2/t15-,16+,18-,19+,30+,31-/m0/s1. The maximum absolute atomic E-state index is 15.1. The van der Waals surface area contributed by atoms with E-state index in [1.807, 2.05) is 0 Å². The van der Waals surface area contributed by atoms with Gasteiger partial charge in [-0.25, -0.2) is 26.9 Å². The van der Waals surface area contributed by atoms with Crippen molar-refractivity contribution < 1.29 is 46.2 Å². The summed E-state index contributed by atoms with van der Waals surface area (Å²) < 4.78 is 72.7. The number of halogens is 7. The summed E-state index contributed by atoms with van der Waals surface area (Å²) in [6.45, 7) is -0.00973. The number of hydrogen-bond acceptors (Lipinski definition) is 6. The molecule has 1 N–H and O–H groups in total. The van der Waals surface area contributed by atoms with E-state index in [4.69, 9.17) is 23.2 Å². The van der Waals surface area contributed by atoms with Crippen molar-refractivity contribution in [1.82, 2.24) is 4.90 Å². The zero-order chi connectivity index (χ0) is 33.0. The van der Waals surface area contributed by atoms with Crippen molar-refractivity contribution in [3.63, 3.8) is 0 Å². The molecule has 2 aliphatic heterocycles. The van der Waals surface area contributed by atoms with Crippen molar-refractivity contribution in [3.8, 4) is 5.75 Å². The van der Waals surface area contributed by atoms with Crippen LogP contribution in [0.1, 0.15) is 29.2 Å². The second-order valence-corrected chi connectivity index (χ2v) is 13.9. The third-order valence-electron chi connectivity index (χ3n) is 9.45. The molecule has 7 rings (SSSR count). The molecule has 238 valence electrons. The van der Waals surface area contributed by atoms with Gasteiger partial charge in [0.2, 0.25) is 17.6 Å². The molecule has 0 bridgehead atoms. The highest BCUT2D eigenvalue weighted by Gasteiger charge is 2.77. The summed E-state index contributed by atoms with van der Waals surface area (Å²) in [4.78, 5) is 52.0. The van der Waals surface area contributed by atoms with E-state index < -0.39 is 104 Å². The molecular weight excluding hydrogens is 678 g/mol. The summed E-state index contributed by atoms with van der Waals surface area (Å²) in [5.74, 6) is -21.5. The largest absolute Gasteiger partial charge is 0.508 e. The maximum atomic E-state index is 15.1. The number of para-hydroxylation sites is 1. The van der Waals surface area contributed by atoms with Gasteiger partial charge in [0.25, 0.3) is 11.8 Å². The monoisotopic (exact) mass is 696 g/mol. The van der Waals surface area contributed by atoms with Gasteiger partial charge in [0.05, 0.1) is 18.4 Å². The molecule has 1 saturated carbocycles. The van der Waals surface area contributed by atoms with Crippen LogP contribution in [-0.2, 0) is 25.7 Å². The molecule has 6 atom stereocenters. The van der Waals surface area contributed by atoms with Crippen molar-refractivity contribution in [2.24, 2.45) is 17.8 Å². The Balaban J connectivity index is 1.41.